The molecule has 2 heterocycles. The van der Waals surface area contributed by atoms with E-state index in [0.29, 0.717) is 0 Å². The normalized spacial score (nSPS) is 13.9. The maximum atomic E-state index is 12.5. The second-order valence-electron chi connectivity index (χ2n) is 7.54. The smallest absolute Gasteiger partial charge is 0.221 e. The Labute approximate surface area is 185 Å². The predicted molar refractivity (Wildman–Crippen MR) is 122 cm³/mol. The lowest BCUT2D eigenvalue weighted by Crippen LogP contribution is -2.28. The average Bonchev–Trinajstić information content (AvgIpc) is 3.32. The minimum Gasteiger partial charge on any atom is -0.345 e. The number of Topliss-reactive ketones (excluding diaryl/α,β-unsaturated/α-hetero) is 1. The fraction of sp³-hybridized carbons (Fsp3) is 0.167. The van der Waals surface area contributed by atoms with Gasteiger partial charge in [0, 0.05) is 24.6 Å². The van der Waals surface area contributed by atoms with Gasteiger partial charge in [0.05, 0.1) is 23.3 Å². The van der Waals surface area contributed by atoms with E-state index in [9.17, 15) is 9.59 Å². The molecule has 1 amide bonds. The van der Waals surface area contributed by atoms with E-state index in [1.807, 2.05) is 42.5 Å². The van der Waals surface area contributed by atoms with Gasteiger partial charge in [-0.25, -0.2) is 4.98 Å². The monoisotopic (exact) mass is 432 g/mol. The number of pyridine rings is 1. The number of H-pyrrole nitrogens is 1. The molecule has 0 saturated carbocycles. The number of benzene rings is 2. The van der Waals surface area contributed by atoms with Gasteiger partial charge in [-0.3, -0.25) is 9.78 Å². The first-order chi connectivity index (χ1) is 14.6. The van der Waals surface area contributed by atoms with Crippen LogP contribution in [0.4, 0.5) is 0 Å². The van der Waals surface area contributed by atoms with Crippen LogP contribution >= 0.6 is 12.4 Å². The molecule has 4 aromatic rings. The number of aromatic amines is 1. The van der Waals surface area contributed by atoms with E-state index >= 15 is 0 Å². The standard InChI is InChI=1S/C24H20N4O2.ClH/c1-14(29)9-10-21(30)28-23-16-6-3-2-5-15(16)22-17(23)7-4-8-18(22)24-26-19-11-12-25-13-20(19)27-24;/h2-8,11-13,23H,9-10H2,1H3,(H,26,27)(H,28,30);1H. The Morgan fingerprint density at radius 1 is 1.00 bits per heavy atom. The summed E-state index contributed by atoms with van der Waals surface area (Å²) in [4.78, 5) is 36.0. The molecule has 2 aromatic carbocycles. The third kappa shape index (κ3) is 3.70. The van der Waals surface area contributed by atoms with Crippen molar-refractivity contribution in [1.29, 1.82) is 0 Å². The largest absolute Gasteiger partial charge is 0.345 e. The number of carbonyl (C=O) groups is 2. The Morgan fingerprint density at radius 2 is 1.77 bits per heavy atom. The topological polar surface area (TPSA) is 87.7 Å². The fourth-order valence-corrected chi connectivity index (χ4v) is 4.12. The van der Waals surface area contributed by atoms with Crippen molar-refractivity contribution in [2.45, 2.75) is 25.8 Å². The number of carbonyl (C=O) groups excluding carboxylic acids is 2. The molecule has 2 N–H and O–H groups in total. The Hall–Kier alpha value is -3.51. The summed E-state index contributed by atoms with van der Waals surface area (Å²) in [6.07, 6.45) is 3.94. The van der Waals surface area contributed by atoms with Crippen molar-refractivity contribution >= 4 is 35.1 Å². The first-order valence-electron chi connectivity index (χ1n) is 9.93. The second-order valence-corrected chi connectivity index (χ2v) is 7.54. The minimum absolute atomic E-state index is 0. The lowest BCUT2D eigenvalue weighted by molar-refractivity contribution is -0.125. The van der Waals surface area contributed by atoms with Gasteiger partial charge < -0.3 is 15.1 Å². The first kappa shape index (κ1) is 20.8. The molecule has 0 bridgehead atoms. The van der Waals surface area contributed by atoms with E-state index in [0.717, 1.165) is 44.7 Å². The van der Waals surface area contributed by atoms with Gasteiger partial charge in [-0.2, -0.15) is 0 Å². The zero-order valence-electron chi connectivity index (χ0n) is 16.9. The summed E-state index contributed by atoms with van der Waals surface area (Å²) in [5.41, 5.74) is 6.95. The summed E-state index contributed by atoms with van der Waals surface area (Å²) >= 11 is 0. The molecular formula is C24H21ClN4O2. The van der Waals surface area contributed by atoms with Crippen LogP contribution < -0.4 is 5.32 Å². The molecule has 0 aliphatic heterocycles. The highest BCUT2D eigenvalue weighted by molar-refractivity contribution is 5.93. The minimum atomic E-state index is -0.248. The number of nitrogens with zero attached hydrogens (tertiary/aromatic N) is 2. The van der Waals surface area contributed by atoms with Crippen molar-refractivity contribution in [3.8, 4) is 22.5 Å². The predicted octanol–water partition coefficient (Wildman–Crippen LogP) is 4.60. The molecule has 7 heteroatoms. The van der Waals surface area contributed by atoms with E-state index in [2.05, 4.69) is 21.4 Å². The molecule has 6 nitrogen and oxygen atoms in total. The maximum Gasteiger partial charge on any atom is 0.221 e. The third-order valence-corrected chi connectivity index (χ3v) is 5.50. The highest BCUT2D eigenvalue weighted by Gasteiger charge is 2.32. The molecule has 0 spiro atoms. The number of ketones is 1. The number of hydrogen-bond acceptors (Lipinski definition) is 4. The quantitative estimate of drug-likeness (QED) is 0.482. The van der Waals surface area contributed by atoms with Crippen molar-refractivity contribution in [3.63, 3.8) is 0 Å². The van der Waals surface area contributed by atoms with Gasteiger partial charge >= 0.3 is 0 Å². The lowest BCUT2D eigenvalue weighted by Gasteiger charge is -2.16. The Bertz CT molecular complexity index is 1260. The summed E-state index contributed by atoms with van der Waals surface area (Å²) in [7, 11) is 0. The molecule has 0 saturated heterocycles. The van der Waals surface area contributed by atoms with E-state index in [-0.39, 0.29) is 43.0 Å². The molecule has 156 valence electrons. The third-order valence-electron chi connectivity index (χ3n) is 5.50. The lowest BCUT2D eigenvalue weighted by atomic mass is 9.99. The first-order valence-corrected chi connectivity index (χ1v) is 9.93. The highest BCUT2D eigenvalue weighted by atomic mass is 35.5. The van der Waals surface area contributed by atoms with Crippen LogP contribution in [0.2, 0.25) is 0 Å². The van der Waals surface area contributed by atoms with Crippen molar-refractivity contribution < 1.29 is 9.59 Å². The van der Waals surface area contributed by atoms with Crippen molar-refractivity contribution in [2.75, 3.05) is 0 Å². The van der Waals surface area contributed by atoms with Crippen LogP contribution in [0.15, 0.2) is 60.9 Å². The molecule has 0 radical (unpaired) electrons. The van der Waals surface area contributed by atoms with Gasteiger partial charge in [0.1, 0.15) is 11.6 Å². The summed E-state index contributed by atoms with van der Waals surface area (Å²) in [5.74, 6) is 0.658. The molecule has 2 aromatic heterocycles. The molecule has 1 atom stereocenters. The number of fused-ring (bicyclic) bond motifs is 4. The average molecular weight is 433 g/mol. The van der Waals surface area contributed by atoms with Crippen LogP contribution in [-0.2, 0) is 9.59 Å². The molecule has 1 aliphatic carbocycles. The summed E-state index contributed by atoms with van der Waals surface area (Å²) in [5, 5.41) is 3.12. The van der Waals surface area contributed by atoms with Crippen LogP contribution in [0.25, 0.3) is 33.5 Å². The molecule has 1 unspecified atom stereocenters. The maximum absolute atomic E-state index is 12.5. The molecular weight excluding hydrogens is 412 g/mol. The number of hydrogen-bond donors (Lipinski definition) is 2. The number of aromatic nitrogens is 3. The molecule has 1 aliphatic rings. The van der Waals surface area contributed by atoms with Crippen LogP contribution in [0.1, 0.15) is 36.9 Å². The van der Waals surface area contributed by atoms with Gasteiger partial charge in [0.15, 0.2) is 0 Å². The van der Waals surface area contributed by atoms with Gasteiger partial charge in [-0.15, -0.1) is 12.4 Å². The van der Waals surface area contributed by atoms with E-state index in [1.165, 1.54) is 6.92 Å². The zero-order chi connectivity index (χ0) is 20.7. The van der Waals surface area contributed by atoms with Gasteiger partial charge in [0.2, 0.25) is 5.91 Å². The van der Waals surface area contributed by atoms with Gasteiger partial charge in [0.25, 0.3) is 0 Å². The SMILES string of the molecule is CC(=O)CCC(=O)NC1c2ccccc2-c2c(-c3nc4ccncc4[nH]3)cccc21.Cl. The van der Waals surface area contributed by atoms with E-state index < -0.39 is 0 Å². The molecule has 0 fully saturated rings. The molecule has 5 rings (SSSR count). The van der Waals surface area contributed by atoms with Crippen LogP contribution in [0.5, 0.6) is 0 Å². The highest BCUT2D eigenvalue weighted by Crippen LogP contribution is 2.47. The van der Waals surface area contributed by atoms with Crippen LogP contribution in [0, 0.1) is 0 Å². The number of nitrogens with one attached hydrogen (secondary N) is 2. The van der Waals surface area contributed by atoms with Crippen LogP contribution in [-0.4, -0.2) is 26.6 Å². The van der Waals surface area contributed by atoms with E-state index in [1.54, 1.807) is 12.4 Å². The zero-order valence-corrected chi connectivity index (χ0v) is 17.7. The number of halogens is 1. The fourth-order valence-electron chi connectivity index (χ4n) is 4.12. The second kappa shape index (κ2) is 8.32. The van der Waals surface area contributed by atoms with Crippen LogP contribution in [0.3, 0.4) is 0 Å². The van der Waals surface area contributed by atoms with Crippen molar-refractivity contribution in [3.05, 3.63) is 72.1 Å². The number of amides is 1. The van der Waals surface area contributed by atoms with Crippen molar-refractivity contribution in [2.24, 2.45) is 0 Å². The number of rotatable bonds is 5. The van der Waals surface area contributed by atoms with Gasteiger partial charge in [-0.1, -0.05) is 42.5 Å². The molecule has 31 heavy (non-hydrogen) atoms. The summed E-state index contributed by atoms with van der Waals surface area (Å²) in [6, 6.07) is 15.8. The Morgan fingerprint density at radius 3 is 2.58 bits per heavy atom. The van der Waals surface area contributed by atoms with E-state index in [4.69, 9.17) is 4.98 Å². The summed E-state index contributed by atoms with van der Waals surface area (Å²) < 4.78 is 0. The number of imidazole rings is 1. The van der Waals surface area contributed by atoms with Crippen molar-refractivity contribution in [1.82, 2.24) is 20.3 Å². The Balaban J connectivity index is 0.00000231. The van der Waals surface area contributed by atoms with Gasteiger partial charge in [-0.05, 0) is 35.2 Å². The summed E-state index contributed by atoms with van der Waals surface area (Å²) in [6.45, 7) is 1.50. The Kier molecular flexibility index (Phi) is 5.57.